The highest BCUT2D eigenvalue weighted by Crippen LogP contribution is 2.19. The Bertz CT molecular complexity index is 242. The molecule has 3 heteroatoms. The van der Waals surface area contributed by atoms with Gasteiger partial charge in [0.15, 0.2) is 0 Å². The maximum Gasteiger partial charge on any atom is 0.0419 e. The monoisotopic (exact) mass is 247 g/mol. The third-order valence-electron chi connectivity index (χ3n) is 1.59. The largest absolute Gasteiger partial charge is 0.319 e. The van der Waals surface area contributed by atoms with Crippen LogP contribution in [0.5, 0.6) is 0 Å². The summed E-state index contributed by atoms with van der Waals surface area (Å²) in [6.45, 7) is 0.979. The summed E-state index contributed by atoms with van der Waals surface area (Å²) in [6, 6.07) is 5.97. The Morgan fingerprint density at radius 1 is 1.42 bits per heavy atom. The van der Waals surface area contributed by atoms with E-state index in [1.165, 1.54) is 5.56 Å². The smallest absolute Gasteiger partial charge is 0.0419 e. The molecule has 0 unspecified atom stereocenters. The molecule has 0 atom stereocenters. The van der Waals surface area contributed by atoms with Crippen molar-refractivity contribution in [1.82, 2.24) is 5.32 Å². The lowest BCUT2D eigenvalue weighted by molar-refractivity contribution is 0.791. The van der Waals surface area contributed by atoms with E-state index in [1.54, 1.807) is 0 Å². The first-order valence-corrected chi connectivity index (χ1v) is 4.99. The van der Waals surface area contributed by atoms with Gasteiger partial charge in [0.2, 0.25) is 0 Å². The molecule has 0 saturated carbocycles. The fourth-order valence-corrected chi connectivity index (χ4v) is 1.95. The molecular weight excluding hydrogens is 237 g/mol. The Hall–Kier alpha value is -0.0500. The molecule has 0 aliphatic rings. The van der Waals surface area contributed by atoms with Crippen LogP contribution in [0, 0.1) is 0 Å². The fourth-order valence-electron chi connectivity index (χ4n) is 1.02. The van der Waals surface area contributed by atoms with Gasteiger partial charge in [-0.15, -0.1) is 0 Å². The quantitative estimate of drug-likeness (QED) is 0.867. The molecule has 0 spiro atoms. The van der Waals surface area contributed by atoms with Gasteiger partial charge in [0.25, 0.3) is 0 Å². The molecule has 66 valence electrons. The number of likely N-dealkylation sites (N-methyl/N-ethyl adjacent to an activating group) is 1. The average molecular weight is 249 g/mol. The van der Waals surface area contributed by atoms with E-state index in [0.717, 1.165) is 22.5 Å². The normalized spacial score (nSPS) is 10.2. The molecule has 0 bridgehead atoms. The molecule has 0 fully saturated rings. The molecule has 12 heavy (non-hydrogen) atoms. The van der Waals surface area contributed by atoms with Crippen LogP contribution in [0.2, 0.25) is 5.02 Å². The van der Waals surface area contributed by atoms with Gasteiger partial charge in [-0.3, -0.25) is 0 Å². The van der Waals surface area contributed by atoms with E-state index in [1.807, 2.05) is 19.2 Å². The molecule has 0 aliphatic heterocycles. The van der Waals surface area contributed by atoms with E-state index < -0.39 is 0 Å². The Balaban J connectivity index is 2.72. The Kier molecular flexibility index (Phi) is 4.06. The molecule has 1 aromatic rings. The van der Waals surface area contributed by atoms with Crippen molar-refractivity contribution in [2.24, 2.45) is 0 Å². The first-order valence-electron chi connectivity index (χ1n) is 3.82. The molecule has 0 aromatic heterocycles. The zero-order chi connectivity index (χ0) is 8.97. The van der Waals surface area contributed by atoms with Crippen LogP contribution in [0.25, 0.3) is 0 Å². The van der Waals surface area contributed by atoms with Crippen molar-refractivity contribution in [2.45, 2.75) is 6.42 Å². The van der Waals surface area contributed by atoms with Crippen molar-refractivity contribution in [1.29, 1.82) is 0 Å². The highest BCUT2D eigenvalue weighted by atomic mass is 79.9. The maximum atomic E-state index is 5.88. The van der Waals surface area contributed by atoms with Crippen LogP contribution in [0.3, 0.4) is 0 Å². The lowest BCUT2D eigenvalue weighted by Crippen LogP contribution is -2.10. The van der Waals surface area contributed by atoms with Crippen molar-refractivity contribution in [3.05, 3.63) is 33.3 Å². The second kappa shape index (κ2) is 4.85. The van der Waals surface area contributed by atoms with Gasteiger partial charge < -0.3 is 5.32 Å². The second-order valence-electron chi connectivity index (χ2n) is 2.63. The van der Waals surface area contributed by atoms with Crippen molar-refractivity contribution in [3.63, 3.8) is 0 Å². The standard InChI is InChI=1S/C9H11BrClN/c1-12-3-2-7-4-8(10)6-9(11)5-7/h4-6,12H,2-3H2,1H3. The van der Waals surface area contributed by atoms with Crippen LogP contribution in [-0.2, 0) is 6.42 Å². The number of hydrogen-bond donors (Lipinski definition) is 1. The number of benzene rings is 1. The number of nitrogens with one attached hydrogen (secondary N) is 1. The predicted octanol–water partition coefficient (Wildman–Crippen LogP) is 2.86. The third-order valence-corrected chi connectivity index (χ3v) is 2.26. The molecule has 0 saturated heterocycles. The van der Waals surface area contributed by atoms with Crippen LogP contribution >= 0.6 is 27.5 Å². The van der Waals surface area contributed by atoms with Gasteiger partial charge in [0, 0.05) is 9.50 Å². The molecule has 1 N–H and O–H groups in total. The van der Waals surface area contributed by atoms with Gasteiger partial charge in [-0.2, -0.15) is 0 Å². The Morgan fingerprint density at radius 3 is 2.75 bits per heavy atom. The Labute approximate surface area is 86.2 Å². The van der Waals surface area contributed by atoms with E-state index in [-0.39, 0.29) is 0 Å². The van der Waals surface area contributed by atoms with Gasteiger partial charge in [-0.05, 0) is 43.8 Å². The summed E-state index contributed by atoms with van der Waals surface area (Å²) in [5.74, 6) is 0. The van der Waals surface area contributed by atoms with Gasteiger partial charge in [-0.1, -0.05) is 27.5 Å². The summed E-state index contributed by atoms with van der Waals surface area (Å²) in [6.07, 6.45) is 1.01. The minimum absolute atomic E-state index is 0.787. The van der Waals surface area contributed by atoms with Crippen LogP contribution in [0.4, 0.5) is 0 Å². The number of hydrogen-bond acceptors (Lipinski definition) is 1. The lowest BCUT2D eigenvalue weighted by atomic mass is 10.1. The molecule has 0 heterocycles. The SMILES string of the molecule is CNCCc1cc(Cl)cc(Br)c1. The van der Waals surface area contributed by atoms with Crippen LogP contribution in [0.15, 0.2) is 22.7 Å². The van der Waals surface area contributed by atoms with Gasteiger partial charge in [0.05, 0.1) is 0 Å². The molecule has 0 amide bonds. The third kappa shape index (κ3) is 3.13. The summed E-state index contributed by atoms with van der Waals surface area (Å²) in [5, 5.41) is 3.88. The molecule has 1 aromatic carbocycles. The van der Waals surface area contributed by atoms with E-state index in [9.17, 15) is 0 Å². The van der Waals surface area contributed by atoms with Crippen LogP contribution < -0.4 is 5.32 Å². The average Bonchev–Trinajstić information content (AvgIpc) is 1.99. The Morgan fingerprint density at radius 2 is 2.17 bits per heavy atom. The topological polar surface area (TPSA) is 12.0 Å². The minimum atomic E-state index is 0.787. The summed E-state index contributed by atoms with van der Waals surface area (Å²) in [4.78, 5) is 0. The number of halogens is 2. The molecule has 1 nitrogen and oxygen atoms in total. The summed E-state index contributed by atoms with van der Waals surface area (Å²) in [7, 11) is 1.94. The van der Waals surface area contributed by atoms with E-state index >= 15 is 0 Å². The van der Waals surface area contributed by atoms with E-state index in [0.29, 0.717) is 0 Å². The van der Waals surface area contributed by atoms with Crippen LogP contribution in [-0.4, -0.2) is 13.6 Å². The van der Waals surface area contributed by atoms with Crippen molar-refractivity contribution >= 4 is 27.5 Å². The highest BCUT2D eigenvalue weighted by Gasteiger charge is 1.96. The first-order chi connectivity index (χ1) is 5.72. The zero-order valence-corrected chi connectivity index (χ0v) is 9.24. The predicted molar refractivity (Wildman–Crippen MR) is 56.8 cm³/mol. The van der Waals surface area contributed by atoms with Crippen LogP contribution in [0.1, 0.15) is 5.56 Å². The number of rotatable bonds is 3. The van der Waals surface area contributed by atoms with Crippen molar-refractivity contribution in [3.8, 4) is 0 Å². The zero-order valence-electron chi connectivity index (χ0n) is 6.90. The molecule has 0 radical (unpaired) electrons. The molecule has 1 rings (SSSR count). The lowest BCUT2D eigenvalue weighted by Gasteiger charge is -2.02. The van der Waals surface area contributed by atoms with Crippen molar-refractivity contribution < 1.29 is 0 Å². The van der Waals surface area contributed by atoms with Crippen molar-refractivity contribution in [2.75, 3.05) is 13.6 Å². The molecular formula is C9H11BrClN. The second-order valence-corrected chi connectivity index (χ2v) is 3.98. The van der Waals surface area contributed by atoms with E-state index in [4.69, 9.17) is 11.6 Å². The van der Waals surface area contributed by atoms with Gasteiger partial charge >= 0.3 is 0 Å². The molecule has 0 aliphatic carbocycles. The van der Waals surface area contributed by atoms with Gasteiger partial charge in [-0.25, -0.2) is 0 Å². The van der Waals surface area contributed by atoms with Gasteiger partial charge in [0.1, 0.15) is 0 Å². The maximum absolute atomic E-state index is 5.88. The van der Waals surface area contributed by atoms with E-state index in [2.05, 4.69) is 27.3 Å². The highest BCUT2D eigenvalue weighted by molar-refractivity contribution is 9.10. The first kappa shape index (κ1) is 10.0. The summed E-state index contributed by atoms with van der Waals surface area (Å²) >= 11 is 9.28. The summed E-state index contributed by atoms with van der Waals surface area (Å²) in [5.41, 5.74) is 1.25. The fraction of sp³-hybridized carbons (Fsp3) is 0.333. The summed E-state index contributed by atoms with van der Waals surface area (Å²) < 4.78 is 1.04. The minimum Gasteiger partial charge on any atom is -0.319 e.